The van der Waals surface area contributed by atoms with Crippen molar-refractivity contribution in [2.24, 2.45) is 11.7 Å². The number of amides is 8. The van der Waals surface area contributed by atoms with Crippen LogP contribution in [-0.2, 0) is 44.0 Å². The van der Waals surface area contributed by atoms with Crippen molar-refractivity contribution in [1.29, 1.82) is 0 Å². The molecule has 14 unspecified atom stereocenters. The summed E-state index contributed by atoms with van der Waals surface area (Å²) >= 11 is 1.31. The summed E-state index contributed by atoms with van der Waals surface area (Å²) in [5.41, 5.74) is 7.28. The monoisotopic (exact) mass is 1290 g/mol. The fraction of sp³-hybridized carbons (Fsp3) is 0.491. The number of nitrogens with zero attached hydrogens (tertiary/aromatic N) is 5. The molecule has 0 radical (unpaired) electrons. The van der Waals surface area contributed by atoms with Crippen LogP contribution in [0.1, 0.15) is 74.4 Å². The fourth-order valence-electron chi connectivity index (χ4n) is 10.9. The van der Waals surface area contributed by atoms with Gasteiger partial charge in [0.1, 0.15) is 58.5 Å². The number of fused-ring (bicyclic) bond motifs is 2. The summed E-state index contributed by atoms with van der Waals surface area (Å²) in [6, 6.07) is 3.59. The second kappa shape index (κ2) is 29.8. The van der Waals surface area contributed by atoms with E-state index < -0.39 is 199 Å². The number of hydrogen-bond donors (Lipinski definition) is 14. The molecule has 476 valence electrons. The Balaban J connectivity index is 0.0000113. The van der Waals surface area contributed by atoms with Crippen molar-refractivity contribution in [2.75, 3.05) is 37.6 Å². The number of aliphatic hydroxyl groups excluding tert-OH is 7. The van der Waals surface area contributed by atoms with Crippen molar-refractivity contribution in [3.8, 4) is 32.6 Å². The first kappa shape index (κ1) is 69.5. The van der Waals surface area contributed by atoms with Gasteiger partial charge in [0.15, 0.2) is 11.5 Å². The molecule has 0 bridgehead atoms. The Labute approximate surface area is 535 Å². The number of piperidine rings is 1. The molecular weight excluding hydrogens is 1220 g/mol. The third-order valence-electron chi connectivity index (χ3n) is 15.6. The molecule has 0 spiro atoms. The van der Waals surface area contributed by atoms with Gasteiger partial charge in [0.2, 0.25) is 41.4 Å². The average Bonchev–Trinajstić information content (AvgIpc) is 2.05. The zero-order valence-corrected chi connectivity index (χ0v) is 52.0. The molecule has 1 aromatic heterocycles. The first-order valence-corrected chi connectivity index (χ1v) is 30.2. The van der Waals surface area contributed by atoms with Crippen molar-refractivity contribution >= 4 is 74.7 Å². The second-order valence-corrected chi connectivity index (χ2v) is 24.1. The van der Waals surface area contributed by atoms with E-state index in [4.69, 9.17) is 5.73 Å². The smallest absolute Gasteiger partial charge is 0.716 e. The van der Waals surface area contributed by atoms with Crippen LogP contribution in [0.5, 0.6) is 11.5 Å². The standard InChI is InChI=1S/C55H69N11O20S2.Na/c1-25-23-66-43(44(25)73)51(80)57-22-32(68)19-34(58-47(76)27-6-8-28(9-7-27)52-62-63-53(87-52)29-10-13-31(14-11-29)64-16-4-3-5-17-64)48(77)59-40(26(2)67)54(81)65-24-33(69)20-35(65)49(78)61-42(50(79)60-41(55(66)82)37(71)21-39(56)72)46(75)45(74)30-12-15-36(70)38(18-30)86-88(83,84)85;/h6-15,18,25-26,32-35,37,40-46,67-71,73-75H,3-5,16-17,19-24H2,1-2H3,(H2,56,72)(H,57,80)(H,58,76)(H,59,77)(H,60,79)(H,61,78)(H,83,84,85);/q;+1/p-1. The van der Waals surface area contributed by atoms with Crippen LogP contribution < -0.4 is 71.0 Å². The average molecular weight is 1290 g/mol. The number of phenolic OH excluding ortho intramolecular Hbond substituents is 1. The van der Waals surface area contributed by atoms with E-state index in [1.165, 1.54) is 36.8 Å². The Morgan fingerprint density at radius 2 is 1.37 bits per heavy atom. The Hall–Kier alpha value is -6.99. The van der Waals surface area contributed by atoms with Crippen LogP contribution in [0.4, 0.5) is 5.69 Å². The molecule has 4 aliphatic heterocycles. The van der Waals surface area contributed by atoms with Crippen molar-refractivity contribution < 1.29 is 126 Å². The normalized spacial score (nSPS) is 26.6. The Kier molecular flexibility index (Phi) is 23.2. The number of rotatable bonds is 14. The summed E-state index contributed by atoms with van der Waals surface area (Å²) in [5.74, 6) is -13.2. The van der Waals surface area contributed by atoms with E-state index in [2.05, 4.69) is 45.9 Å². The third kappa shape index (κ3) is 16.9. The number of benzene rings is 3. The molecule has 4 aromatic rings. The number of aliphatic hydroxyl groups is 7. The Morgan fingerprint density at radius 1 is 0.775 bits per heavy atom. The molecule has 0 aliphatic carbocycles. The minimum absolute atomic E-state index is 0. The number of nitrogens with two attached hydrogens (primary N) is 1. The summed E-state index contributed by atoms with van der Waals surface area (Å²) in [7, 11) is -5.59. The van der Waals surface area contributed by atoms with E-state index in [-0.39, 0.29) is 35.1 Å². The summed E-state index contributed by atoms with van der Waals surface area (Å²) in [4.78, 5) is 117. The molecule has 0 saturated carbocycles. The van der Waals surface area contributed by atoms with Gasteiger partial charge in [0.25, 0.3) is 16.3 Å². The van der Waals surface area contributed by atoms with Crippen molar-refractivity contribution in [3.05, 3.63) is 77.9 Å². The number of carbonyl (C=O) groups is 8. The first-order valence-electron chi connectivity index (χ1n) is 28.0. The number of nitrogens with one attached hydrogen (secondary N) is 5. The number of carbonyl (C=O) groups excluding carboxylic acids is 8. The van der Waals surface area contributed by atoms with Crippen molar-refractivity contribution in [1.82, 2.24) is 46.6 Å². The maximum absolute atomic E-state index is 14.7. The second-order valence-electron chi connectivity index (χ2n) is 22.1. The Morgan fingerprint density at radius 3 is 1.98 bits per heavy atom. The first-order chi connectivity index (χ1) is 41.6. The van der Waals surface area contributed by atoms with Gasteiger partial charge in [-0.2, -0.15) is 0 Å². The topological polar surface area (TPSA) is 486 Å². The molecule has 4 aliphatic rings. The fourth-order valence-corrected chi connectivity index (χ4v) is 12.1. The largest absolute Gasteiger partial charge is 1.00 e. The number of aromatic hydroxyl groups is 1. The minimum atomic E-state index is -5.59. The van der Waals surface area contributed by atoms with Gasteiger partial charge in [-0.3, -0.25) is 38.4 Å². The zero-order valence-electron chi connectivity index (χ0n) is 48.3. The number of phenols is 1. The summed E-state index contributed by atoms with van der Waals surface area (Å²) in [6.45, 7) is 2.52. The van der Waals surface area contributed by atoms with Gasteiger partial charge in [0, 0.05) is 73.9 Å². The van der Waals surface area contributed by atoms with E-state index >= 15 is 0 Å². The molecule has 5 heterocycles. The predicted molar refractivity (Wildman–Crippen MR) is 305 cm³/mol. The molecule has 8 amide bonds. The molecule has 31 nitrogen and oxygen atoms in total. The maximum atomic E-state index is 14.7. The van der Waals surface area contributed by atoms with Gasteiger partial charge in [0.05, 0.1) is 36.9 Å². The number of aromatic nitrogens is 2. The van der Waals surface area contributed by atoms with E-state index in [0.29, 0.717) is 37.5 Å². The molecule has 8 rings (SSSR count). The molecule has 15 N–H and O–H groups in total. The van der Waals surface area contributed by atoms with Crippen LogP contribution in [0.15, 0.2) is 66.7 Å². The van der Waals surface area contributed by atoms with Gasteiger partial charge in [-0.15, -0.1) is 10.2 Å². The van der Waals surface area contributed by atoms with E-state index in [9.17, 15) is 92.2 Å². The van der Waals surface area contributed by atoms with Gasteiger partial charge in [-0.1, -0.05) is 36.5 Å². The molecule has 89 heavy (non-hydrogen) atoms. The van der Waals surface area contributed by atoms with E-state index in [1.54, 1.807) is 12.1 Å². The number of β-amino-alcohol motifs (C(OH)–C–C–N with tert-alkyl or cyclic N) is 1. The number of anilines is 1. The van der Waals surface area contributed by atoms with Crippen LogP contribution in [0.2, 0.25) is 0 Å². The molecule has 4 fully saturated rings. The van der Waals surface area contributed by atoms with Crippen LogP contribution in [0.3, 0.4) is 0 Å². The van der Waals surface area contributed by atoms with Crippen LogP contribution in [-0.4, -0.2) is 227 Å². The van der Waals surface area contributed by atoms with Gasteiger partial charge >= 0.3 is 29.6 Å². The van der Waals surface area contributed by atoms with Crippen LogP contribution in [0.25, 0.3) is 21.1 Å². The van der Waals surface area contributed by atoms with Crippen LogP contribution in [0, 0.1) is 5.92 Å². The van der Waals surface area contributed by atoms with Crippen molar-refractivity contribution in [3.63, 3.8) is 0 Å². The number of primary amides is 1. The molecule has 3 aromatic carbocycles. The molecule has 34 heteroatoms. The van der Waals surface area contributed by atoms with Gasteiger partial charge in [-0.05, 0) is 80.3 Å². The zero-order chi connectivity index (χ0) is 64.1. The van der Waals surface area contributed by atoms with Gasteiger partial charge < -0.3 is 96.6 Å². The third-order valence-corrected chi connectivity index (χ3v) is 17.0. The summed E-state index contributed by atoms with van der Waals surface area (Å²) in [6.07, 6.45) is -13.3. The SMILES string of the molecule is CC(O)C1NC(=O)C(NC(=O)c2ccc(-c3nnc(-c4ccc(N5CCCCC5)cc4)s3)cc2)CC(O)CNC(=O)C2C(O)C(C)CN2C(=O)C(C(O)CC(N)=O)NC(=O)C(C(O)C(O)c2ccc(O)c(OS(=O)(=O)[O-])c2)NC(=O)C2CC(O)CN2C1=O.[Na+]. The molecule has 4 saturated heterocycles. The van der Waals surface area contributed by atoms with E-state index in [1.807, 2.05) is 24.3 Å². The maximum Gasteiger partial charge on any atom is 1.00 e. The predicted octanol–water partition coefficient (Wildman–Crippen LogP) is -7.27. The van der Waals surface area contributed by atoms with E-state index in [0.717, 1.165) is 50.2 Å². The van der Waals surface area contributed by atoms with Gasteiger partial charge in [-0.25, -0.2) is 8.42 Å². The van der Waals surface area contributed by atoms with Crippen LogP contribution >= 0.6 is 11.3 Å². The molecule has 14 atom stereocenters. The number of hydrogen-bond acceptors (Lipinski definition) is 24. The quantitative estimate of drug-likeness (QED) is 0.0317. The summed E-state index contributed by atoms with van der Waals surface area (Å²) < 4.78 is 38.6. The summed E-state index contributed by atoms with van der Waals surface area (Å²) in [5, 5.41) is 111. The van der Waals surface area contributed by atoms with Crippen molar-refractivity contribution in [2.45, 2.75) is 131 Å². The minimum Gasteiger partial charge on any atom is -0.716 e. The Bertz CT molecular complexity index is 3360. The molecular formula is C55H68N11NaO20S2.